The molecule has 1 aliphatic carbocycles. The molecule has 3 heterocycles. The quantitative estimate of drug-likeness (QED) is 0.426. The number of hydrogen-bond acceptors (Lipinski definition) is 7. The van der Waals surface area contributed by atoms with Gasteiger partial charge in [-0.15, -0.1) is 0 Å². The molecule has 2 aromatic heterocycles. The van der Waals surface area contributed by atoms with Gasteiger partial charge < -0.3 is 26.0 Å². The van der Waals surface area contributed by atoms with Gasteiger partial charge in [0.2, 0.25) is 5.88 Å². The van der Waals surface area contributed by atoms with Gasteiger partial charge in [0, 0.05) is 41.5 Å². The molecule has 1 saturated carbocycles. The average Bonchev–Trinajstić information content (AvgIpc) is 2.78. The van der Waals surface area contributed by atoms with E-state index in [-0.39, 0.29) is 29.0 Å². The van der Waals surface area contributed by atoms with Crippen molar-refractivity contribution in [1.29, 1.82) is 0 Å². The highest BCUT2D eigenvalue weighted by atomic mass is 19.1. The molecule has 10 heteroatoms. The largest absolute Gasteiger partial charge is 0.474 e. The zero-order chi connectivity index (χ0) is 24.1. The third-order valence-electron chi connectivity index (χ3n) is 6.87. The second-order valence-corrected chi connectivity index (χ2v) is 8.95. The highest BCUT2D eigenvalue weighted by molar-refractivity contribution is 5.99. The molecule has 0 unspecified atom stereocenters. The van der Waals surface area contributed by atoms with Crippen LogP contribution in [0, 0.1) is 18.7 Å². The van der Waals surface area contributed by atoms with Gasteiger partial charge in [-0.1, -0.05) is 0 Å². The predicted molar refractivity (Wildman–Crippen MR) is 127 cm³/mol. The summed E-state index contributed by atoms with van der Waals surface area (Å²) in [5.41, 5.74) is 8.41. The van der Waals surface area contributed by atoms with Crippen molar-refractivity contribution in [2.24, 2.45) is 5.92 Å². The fourth-order valence-electron chi connectivity index (χ4n) is 4.78. The Morgan fingerprint density at radius 3 is 2.76 bits per heavy atom. The molecule has 1 aliphatic heterocycles. The molecule has 5 N–H and O–H groups in total. The van der Waals surface area contributed by atoms with E-state index < -0.39 is 18.0 Å². The van der Waals surface area contributed by atoms with Crippen molar-refractivity contribution in [3.05, 3.63) is 35.9 Å². The molecule has 2 aliphatic rings. The number of anilines is 3. The molecule has 1 atom stereocenters. The number of carboxylic acid groups (broad SMARTS) is 1. The lowest BCUT2D eigenvalue weighted by Crippen LogP contribution is -2.50. The van der Waals surface area contributed by atoms with Crippen LogP contribution < -0.4 is 20.7 Å². The minimum Gasteiger partial charge on any atom is -0.474 e. The number of fused-ring (bicyclic) bond motifs is 2. The number of hydrogen-bond donors (Lipinski definition) is 4. The van der Waals surface area contributed by atoms with Gasteiger partial charge in [-0.2, -0.15) is 0 Å². The topological polar surface area (TPSA) is 134 Å². The molecular formula is C24H26FN5O4. The van der Waals surface area contributed by atoms with Crippen molar-refractivity contribution >= 4 is 34.1 Å². The zero-order valence-corrected chi connectivity index (χ0v) is 18.9. The van der Waals surface area contributed by atoms with E-state index in [1.54, 1.807) is 25.3 Å². The van der Waals surface area contributed by atoms with Crippen molar-refractivity contribution in [2.75, 3.05) is 29.1 Å². The van der Waals surface area contributed by atoms with Crippen LogP contribution in [0.25, 0.3) is 21.9 Å². The number of nitrogens with two attached hydrogens (primary N) is 1. The van der Waals surface area contributed by atoms with Crippen molar-refractivity contribution in [1.82, 2.24) is 9.97 Å². The molecular weight excluding hydrogens is 441 g/mol. The van der Waals surface area contributed by atoms with E-state index in [2.05, 4.69) is 15.3 Å². The standard InChI is InChI=1S/C24H26FN5O4/c1-11-17(9-29-23-22(11)27-3-4-34-23)16-7-14-8-19(28-10-18(14)21(26)20(16)25)30(24(32)33)15-5-13(6-15)12(2)31/h7-10,12-13,15,27,31H,3-6,26H2,1-2H3,(H,32,33)/t12-,13?,15?/m1/s1. The second-order valence-electron chi connectivity index (χ2n) is 8.95. The minimum absolute atomic E-state index is 0.0562. The van der Waals surface area contributed by atoms with E-state index in [1.807, 2.05) is 6.92 Å². The van der Waals surface area contributed by atoms with Crippen LogP contribution in [-0.2, 0) is 0 Å². The highest BCUT2D eigenvalue weighted by Crippen LogP contribution is 2.41. The molecule has 0 radical (unpaired) electrons. The van der Waals surface area contributed by atoms with Crippen LogP contribution in [0.1, 0.15) is 25.3 Å². The number of ether oxygens (including phenoxy) is 1. The summed E-state index contributed by atoms with van der Waals surface area (Å²) >= 11 is 0. The first-order chi connectivity index (χ1) is 16.3. The van der Waals surface area contributed by atoms with E-state index in [0.717, 1.165) is 5.56 Å². The molecule has 0 saturated heterocycles. The maximum atomic E-state index is 15.4. The summed E-state index contributed by atoms with van der Waals surface area (Å²) in [7, 11) is 0. The van der Waals surface area contributed by atoms with Gasteiger partial charge >= 0.3 is 6.09 Å². The van der Waals surface area contributed by atoms with Crippen LogP contribution in [0.15, 0.2) is 24.5 Å². The summed E-state index contributed by atoms with van der Waals surface area (Å²) in [6.07, 6.45) is 2.44. The number of pyridine rings is 2. The number of benzene rings is 1. The molecule has 0 spiro atoms. The van der Waals surface area contributed by atoms with Crippen LogP contribution in [0.5, 0.6) is 5.88 Å². The van der Waals surface area contributed by atoms with Gasteiger partial charge in [0.1, 0.15) is 18.1 Å². The SMILES string of the molecule is Cc1c(-c2cc3cc(N(C(=O)O)C4CC([C@@H](C)O)C4)ncc3c(N)c2F)cnc2c1NCCO2. The molecule has 0 bridgehead atoms. The van der Waals surface area contributed by atoms with Gasteiger partial charge in [0.05, 0.1) is 11.8 Å². The molecule has 34 heavy (non-hydrogen) atoms. The molecule has 9 nitrogen and oxygen atoms in total. The van der Waals surface area contributed by atoms with E-state index in [0.29, 0.717) is 53.9 Å². The van der Waals surface area contributed by atoms with E-state index in [4.69, 9.17) is 10.5 Å². The molecule has 3 aromatic rings. The monoisotopic (exact) mass is 467 g/mol. The molecule has 178 valence electrons. The number of nitrogen functional groups attached to an aromatic ring is 1. The third-order valence-corrected chi connectivity index (χ3v) is 6.87. The van der Waals surface area contributed by atoms with Crippen LogP contribution in [-0.4, -0.2) is 51.6 Å². The van der Waals surface area contributed by atoms with Crippen LogP contribution in [0.2, 0.25) is 0 Å². The highest BCUT2D eigenvalue weighted by Gasteiger charge is 2.39. The number of rotatable bonds is 4. The summed E-state index contributed by atoms with van der Waals surface area (Å²) in [5, 5.41) is 23.8. The molecule has 1 amide bonds. The first-order valence-corrected chi connectivity index (χ1v) is 11.2. The van der Waals surface area contributed by atoms with Crippen molar-refractivity contribution in [3.8, 4) is 17.0 Å². The predicted octanol–water partition coefficient (Wildman–Crippen LogP) is 3.77. The van der Waals surface area contributed by atoms with E-state index in [1.165, 1.54) is 11.1 Å². The number of nitrogens with zero attached hydrogens (tertiary/aromatic N) is 3. The summed E-state index contributed by atoms with van der Waals surface area (Å²) in [6, 6.07) is 2.98. The first kappa shape index (κ1) is 22.1. The third kappa shape index (κ3) is 3.54. The second kappa shape index (κ2) is 8.28. The Bertz CT molecular complexity index is 1290. The van der Waals surface area contributed by atoms with Crippen molar-refractivity contribution in [2.45, 2.75) is 38.8 Å². The first-order valence-electron chi connectivity index (χ1n) is 11.2. The molecule has 1 fully saturated rings. The fraction of sp³-hybridized carbons (Fsp3) is 0.375. The van der Waals surface area contributed by atoms with Crippen molar-refractivity contribution in [3.63, 3.8) is 0 Å². The van der Waals surface area contributed by atoms with Gasteiger partial charge in [-0.3, -0.25) is 4.90 Å². The molecule has 1 aromatic carbocycles. The van der Waals surface area contributed by atoms with Gasteiger partial charge in [-0.05, 0) is 55.7 Å². The smallest absolute Gasteiger partial charge is 0.413 e. The number of aromatic nitrogens is 2. The Hall–Kier alpha value is -3.66. The normalized spacial score (nSPS) is 20.0. The van der Waals surface area contributed by atoms with E-state index in [9.17, 15) is 15.0 Å². The van der Waals surface area contributed by atoms with Gasteiger partial charge in [-0.25, -0.2) is 19.2 Å². The van der Waals surface area contributed by atoms with Gasteiger partial charge in [0.25, 0.3) is 0 Å². The maximum absolute atomic E-state index is 15.4. The molecule has 5 rings (SSSR count). The van der Waals surface area contributed by atoms with Crippen LogP contribution in [0.3, 0.4) is 0 Å². The number of carbonyl (C=O) groups is 1. The van der Waals surface area contributed by atoms with Crippen molar-refractivity contribution < 1.29 is 24.1 Å². The number of nitrogens with one attached hydrogen (secondary N) is 1. The summed E-state index contributed by atoms with van der Waals surface area (Å²) in [4.78, 5) is 21.9. The van der Waals surface area contributed by atoms with Crippen LogP contribution >= 0.6 is 0 Å². The Kier molecular flexibility index (Phi) is 5.40. The number of amides is 1. The lowest BCUT2D eigenvalue weighted by atomic mass is 9.76. The van der Waals surface area contributed by atoms with Crippen LogP contribution in [0.4, 0.5) is 26.4 Å². The summed E-state index contributed by atoms with van der Waals surface area (Å²) in [5.74, 6) is 0.181. The van der Waals surface area contributed by atoms with Gasteiger partial charge in [0.15, 0.2) is 5.82 Å². The summed E-state index contributed by atoms with van der Waals surface area (Å²) < 4.78 is 20.9. The minimum atomic E-state index is -1.13. The summed E-state index contributed by atoms with van der Waals surface area (Å²) in [6.45, 7) is 4.69. The lowest BCUT2D eigenvalue weighted by Gasteiger charge is -2.42. The maximum Gasteiger partial charge on any atom is 0.413 e. The average molecular weight is 468 g/mol. The Morgan fingerprint density at radius 1 is 1.29 bits per heavy atom. The Labute approximate surface area is 195 Å². The number of aliphatic hydroxyl groups excluding tert-OH is 1. The Balaban J connectivity index is 1.58. The number of halogens is 1. The number of aliphatic hydroxyl groups is 1. The zero-order valence-electron chi connectivity index (χ0n) is 18.9. The van der Waals surface area contributed by atoms with E-state index >= 15 is 4.39 Å². The fourth-order valence-corrected chi connectivity index (χ4v) is 4.78. The lowest BCUT2D eigenvalue weighted by molar-refractivity contribution is 0.0624. The Morgan fingerprint density at radius 2 is 2.06 bits per heavy atom.